The lowest BCUT2D eigenvalue weighted by Crippen LogP contribution is -2.48. The van der Waals surface area contributed by atoms with Gasteiger partial charge in [0.25, 0.3) is 5.69 Å². The molecule has 144 valence electrons. The number of hydrogen-bond donors (Lipinski definition) is 1. The number of nitriles is 1. The van der Waals surface area contributed by atoms with Crippen molar-refractivity contribution in [1.29, 1.82) is 5.26 Å². The van der Waals surface area contributed by atoms with Crippen LogP contribution in [0, 0.1) is 28.4 Å². The molecular formula is C17H20N4O6. The van der Waals surface area contributed by atoms with Crippen molar-refractivity contribution in [1.82, 2.24) is 4.90 Å². The van der Waals surface area contributed by atoms with Crippen LogP contribution in [-0.4, -0.2) is 59.8 Å². The second-order valence-electron chi connectivity index (χ2n) is 6.03. The van der Waals surface area contributed by atoms with E-state index in [1.54, 1.807) is 19.9 Å². The van der Waals surface area contributed by atoms with Crippen LogP contribution in [0.3, 0.4) is 0 Å². The number of hydrogen-bond acceptors (Lipinski definition) is 7. The number of carbonyl (C=O) groups is 2. The van der Waals surface area contributed by atoms with Crippen molar-refractivity contribution in [2.75, 3.05) is 37.7 Å². The summed E-state index contributed by atoms with van der Waals surface area (Å²) < 4.78 is 4.85. The van der Waals surface area contributed by atoms with Gasteiger partial charge in [0.05, 0.1) is 23.2 Å². The number of amides is 1. The van der Waals surface area contributed by atoms with Crippen LogP contribution in [0.1, 0.15) is 24.0 Å². The number of carboxylic acid groups (broad SMARTS) is 1. The van der Waals surface area contributed by atoms with Gasteiger partial charge in [0.15, 0.2) is 5.92 Å². The summed E-state index contributed by atoms with van der Waals surface area (Å²) in [4.78, 5) is 37.1. The van der Waals surface area contributed by atoms with Crippen molar-refractivity contribution in [2.24, 2.45) is 0 Å². The number of nitro benzene ring substituents is 1. The van der Waals surface area contributed by atoms with Crippen molar-refractivity contribution in [3.63, 3.8) is 0 Å². The predicted molar refractivity (Wildman–Crippen MR) is 94.6 cm³/mol. The lowest BCUT2D eigenvalue weighted by molar-refractivity contribution is -0.385. The van der Waals surface area contributed by atoms with Crippen LogP contribution in [0.5, 0.6) is 0 Å². The molecule has 0 aromatic heterocycles. The van der Waals surface area contributed by atoms with Crippen LogP contribution < -0.4 is 4.90 Å². The molecule has 10 nitrogen and oxygen atoms in total. The Balaban J connectivity index is 2.39. The minimum Gasteiger partial charge on any atom is -0.465 e. The first-order valence-electron chi connectivity index (χ1n) is 8.38. The Kier molecular flexibility index (Phi) is 6.18. The number of piperazine rings is 1. The summed E-state index contributed by atoms with van der Waals surface area (Å²) in [6, 6.07) is 4.58. The SMILES string of the molecule is CCOC(=O)C(C#N)c1cc(C)c(N2CCN(C(=O)O)CC2)cc1[N+](=O)[O-]. The molecule has 1 saturated heterocycles. The van der Waals surface area contributed by atoms with E-state index in [9.17, 15) is 25.0 Å². The molecule has 1 fully saturated rings. The third-order valence-electron chi connectivity index (χ3n) is 4.40. The van der Waals surface area contributed by atoms with Crippen molar-refractivity contribution in [2.45, 2.75) is 19.8 Å². The summed E-state index contributed by atoms with van der Waals surface area (Å²) in [5.41, 5.74) is 0.891. The van der Waals surface area contributed by atoms with Gasteiger partial charge < -0.3 is 19.6 Å². The second-order valence-corrected chi connectivity index (χ2v) is 6.03. The van der Waals surface area contributed by atoms with Crippen molar-refractivity contribution >= 4 is 23.4 Å². The zero-order chi connectivity index (χ0) is 20.1. The summed E-state index contributed by atoms with van der Waals surface area (Å²) >= 11 is 0. The van der Waals surface area contributed by atoms with E-state index in [0.717, 1.165) is 0 Å². The number of nitro groups is 1. The van der Waals surface area contributed by atoms with E-state index in [1.807, 2.05) is 4.90 Å². The molecule has 1 aromatic rings. The first-order valence-corrected chi connectivity index (χ1v) is 8.38. The molecule has 0 radical (unpaired) electrons. The molecule has 0 bridgehead atoms. The number of esters is 1. The van der Waals surface area contributed by atoms with Crippen molar-refractivity contribution in [3.8, 4) is 6.07 Å². The Morgan fingerprint density at radius 3 is 2.48 bits per heavy atom. The lowest BCUT2D eigenvalue weighted by atomic mass is 9.95. The quantitative estimate of drug-likeness (QED) is 0.467. The molecule has 1 aliphatic rings. The second kappa shape index (κ2) is 8.35. The Hall–Kier alpha value is -3.35. The van der Waals surface area contributed by atoms with Gasteiger partial charge in [-0.15, -0.1) is 0 Å². The summed E-state index contributed by atoms with van der Waals surface area (Å²) in [5, 5.41) is 29.9. The number of rotatable bonds is 5. The maximum atomic E-state index is 12.0. The maximum absolute atomic E-state index is 12.0. The topological polar surface area (TPSA) is 137 Å². The lowest BCUT2D eigenvalue weighted by Gasteiger charge is -2.35. The third kappa shape index (κ3) is 4.25. The van der Waals surface area contributed by atoms with Gasteiger partial charge >= 0.3 is 12.1 Å². The predicted octanol–water partition coefficient (Wildman–Crippen LogP) is 1.87. The fourth-order valence-corrected chi connectivity index (χ4v) is 3.05. The van der Waals surface area contributed by atoms with Gasteiger partial charge in [0.1, 0.15) is 0 Å². The number of carbonyl (C=O) groups excluding carboxylic acids is 1. The molecule has 0 spiro atoms. The molecule has 27 heavy (non-hydrogen) atoms. The van der Waals surface area contributed by atoms with E-state index < -0.39 is 22.9 Å². The number of anilines is 1. The van der Waals surface area contributed by atoms with E-state index in [1.165, 1.54) is 17.0 Å². The van der Waals surface area contributed by atoms with Crippen LogP contribution in [0.15, 0.2) is 12.1 Å². The average molecular weight is 376 g/mol. The summed E-state index contributed by atoms with van der Waals surface area (Å²) in [7, 11) is 0. The van der Waals surface area contributed by atoms with Crippen molar-refractivity contribution in [3.05, 3.63) is 33.4 Å². The Morgan fingerprint density at radius 1 is 1.37 bits per heavy atom. The van der Waals surface area contributed by atoms with Gasteiger partial charge in [-0.2, -0.15) is 5.26 Å². The maximum Gasteiger partial charge on any atom is 0.407 e. The fraction of sp³-hybridized carbons (Fsp3) is 0.471. The van der Waals surface area contributed by atoms with Gasteiger partial charge in [-0.1, -0.05) is 0 Å². The smallest absolute Gasteiger partial charge is 0.407 e. The van der Waals surface area contributed by atoms with E-state index in [4.69, 9.17) is 9.84 Å². The highest BCUT2D eigenvalue weighted by molar-refractivity contribution is 5.84. The highest BCUT2D eigenvalue weighted by Crippen LogP contribution is 2.34. The number of ether oxygens (including phenoxy) is 1. The third-order valence-corrected chi connectivity index (χ3v) is 4.40. The molecule has 1 unspecified atom stereocenters. The van der Waals surface area contributed by atoms with Gasteiger partial charge in [0, 0.05) is 37.9 Å². The number of benzene rings is 1. The van der Waals surface area contributed by atoms with E-state index in [-0.39, 0.29) is 30.9 Å². The largest absolute Gasteiger partial charge is 0.465 e. The molecular weight excluding hydrogens is 356 g/mol. The van der Waals surface area contributed by atoms with Gasteiger partial charge in [-0.3, -0.25) is 14.9 Å². The molecule has 1 N–H and O–H groups in total. The Bertz CT molecular complexity index is 795. The van der Waals surface area contributed by atoms with Crippen LogP contribution in [0.25, 0.3) is 0 Å². The monoisotopic (exact) mass is 376 g/mol. The minimum atomic E-state index is -1.39. The molecule has 1 aromatic carbocycles. The first-order chi connectivity index (χ1) is 12.8. The summed E-state index contributed by atoms with van der Waals surface area (Å²) in [6.45, 7) is 4.74. The molecule has 1 amide bonds. The van der Waals surface area contributed by atoms with Crippen molar-refractivity contribution < 1.29 is 24.4 Å². The van der Waals surface area contributed by atoms with Gasteiger partial charge in [-0.25, -0.2) is 4.79 Å². The summed E-state index contributed by atoms with van der Waals surface area (Å²) in [6.07, 6.45) is -1.00. The standard InChI is InChI=1S/C17H20N4O6/c1-3-27-16(22)13(10-18)12-8-11(2)14(9-15(12)21(25)26)19-4-6-20(7-5-19)17(23)24/h8-9,13H,3-7H2,1-2H3,(H,23,24). The summed E-state index contributed by atoms with van der Waals surface area (Å²) in [5.74, 6) is -2.22. The minimum absolute atomic E-state index is 0.00799. The van der Waals surface area contributed by atoms with Gasteiger partial charge in [0.2, 0.25) is 0 Å². The van der Waals surface area contributed by atoms with Crippen LogP contribution >= 0.6 is 0 Å². The van der Waals surface area contributed by atoms with Crippen LogP contribution in [0.4, 0.5) is 16.2 Å². The Labute approximate surface area is 155 Å². The first kappa shape index (κ1) is 20.0. The zero-order valence-electron chi connectivity index (χ0n) is 15.0. The average Bonchev–Trinajstić information content (AvgIpc) is 2.62. The molecule has 1 heterocycles. The highest BCUT2D eigenvalue weighted by atomic mass is 16.6. The fourth-order valence-electron chi connectivity index (χ4n) is 3.05. The van der Waals surface area contributed by atoms with Crippen LogP contribution in [0.2, 0.25) is 0 Å². The molecule has 1 aliphatic heterocycles. The molecule has 0 aliphatic carbocycles. The molecule has 1 atom stereocenters. The molecule has 10 heteroatoms. The van der Waals surface area contributed by atoms with Gasteiger partial charge in [-0.05, 0) is 25.5 Å². The number of aryl methyl sites for hydroxylation is 1. The number of nitrogens with zero attached hydrogens (tertiary/aromatic N) is 4. The van der Waals surface area contributed by atoms with Crippen LogP contribution in [-0.2, 0) is 9.53 Å². The molecule has 0 saturated carbocycles. The Morgan fingerprint density at radius 2 is 2.00 bits per heavy atom. The molecule has 2 rings (SSSR count). The zero-order valence-corrected chi connectivity index (χ0v) is 15.0. The van der Waals surface area contributed by atoms with E-state index in [0.29, 0.717) is 24.3 Å². The van der Waals surface area contributed by atoms with E-state index >= 15 is 0 Å². The normalized spacial score (nSPS) is 15.0. The van der Waals surface area contributed by atoms with E-state index in [2.05, 4.69) is 0 Å². The highest BCUT2D eigenvalue weighted by Gasteiger charge is 2.32.